The van der Waals surface area contributed by atoms with Crippen molar-refractivity contribution in [2.24, 2.45) is 0 Å². The molecule has 0 aromatic rings. The summed E-state index contributed by atoms with van der Waals surface area (Å²) in [6.07, 6.45) is -4.11. The number of hydrogen-bond donors (Lipinski definition) is 5. The van der Waals surface area contributed by atoms with Crippen molar-refractivity contribution in [3.63, 3.8) is 0 Å². The third-order valence-corrected chi connectivity index (χ3v) is 1.48. The topological polar surface area (TPSA) is 152 Å². The Labute approximate surface area is 105 Å². The van der Waals surface area contributed by atoms with E-state index >= 15 is 0 Å². The van der Waals surface area contributed by atoms with Crippen LogP contribution < -0.4 is 0 Å². The quantitative estimate of drug-likeness (QED) is 0.321. The fraction of sp³-hybridized carbons (Fsp3) is 0.500. The van der Waals surface area contributed by atoms with Gasteiger partial charge in [0.2, 0.25) is 5.60 Å². The SMILES string of the molecule is O=C(O)CC(O)(C(=O)O)C(O)C(=O)O.[Na]. The number of hydrogen-bond acceptors (Lipinski definition) is 5. The molecule has 0 aromatic heterocycles. The molecule has 0 bridgehead atoms. The van der Waals surface area contributed by atoms with Gasteiger partial charge in [0, 0.05) is 29.6 Å². The normalized spacial score (nSPS) is 15.6. The molecule has 0 aliphatic rings. The second-order valence-electron chi connectivity index (χ2n) is 2.54. The zero-order chi connectivity index (χ0) is 11.5. The molecule has 0 rings (SSSR count). The molecule has 0 saturated carbocycles. The first-order valence-corrected chi connectivity index (χ1v) is 3.30. The monoisotopic (exact) mass is 231 g/mol. The Balaban J connectivity index is 0. The van der Waals surface area contributed by atoms with E-state index in [-0.39, 0.29) is 29.6 Å². The molecule has 8 nitrogen and oxygen atoms in total. The minimum absolute atomic E-state index is 0. The van der Waals surface area contributed by atoms with Crippen LogP contribution in [0.3, 0.4) is 0 Å². The van der Waals surface area contributed by atoms with E-state index in [0.717, 1.165) is 0 Å². The van der Waals surface area contributed by atoms with E-state index < -0.39 is 36.0 Å². The van der Waals surface area contributed by atoms with E-state index in [0.29, 0.717) is 0 Å². The van der Waals surface area contributed by atoms with Gasteiger partial charge >= 0.3 is 17.9 Å². The summed E-state index contributed by atoms with van der Waals surface area (Å²) in [4.78, 5) is 30.7. The fourth-order valence-corrected chi connectivity index (χ4v) is 0.724. The summed E-state index contributed by atoms with van der Waals surface area (Å²) in [7, 11) is 0. The second kappa shape index (κ2) is 6.03. The van der Waals surface area contributed by atoms with E-state index in [4.69, 9.17) is 25.5 Å². The molecule has 15 heavy (non-hydrogen) atoms. The van der Waals surface area contributed by atoms with E-state index in [1.165, 1.54) is 0 Å². The molecule has 0 spiro atoms. The zero-order valence-corrected chi connectivity index (χ0v) is 9.75. The van der Waals surface area contributed by atoms with Crippen LogP contribution >= 0.6 is 0 Å². The van der Waals surface area contributed by atoms with Gasteiger partial charge in [-0.3, -0.25) is 4.79 Å². The van der Waals surface area contributed by atoms with Gasteiger partial charge in [0.15, 0.2) is 6.10 Å². The Morgan fingerprint density at radius 3 is 1.73 bits per heavy atom. The summed E-state index contributed by atoms with van der Waals surface area (Å²) in [6, 6.07) is 0. The van der Waals surface area contributed by atoms with Crippen LogP contribution in [-0.2, 0) is 14.4 Å². The van der Waals surface area contributed by atoms with E-state index in [1.807, 2.05) is 0 Å². The van der Waals surface area contributed by atoms with Crippen molar-refractivity contribution < 1.29 is 39.9 Å². The van der Waals surface area contributed by atoms with Gasteiger partial charge < -0.3 is 25.5 Å². The molecule has 5 N–H and O–H groups in total. The fourth-order valence-electron chi connectivity index (χ4n) is 0.724. The largest absolute Gasteiger partial charge is 0.481 e. The predicted octanol–water partition coefficient (Wildman–Crippen LogP) is -2.66. The first-order chi connectivity index (χ1) is 6.21. The molecule has 0 saturated heterocycles. The molecular formula is C6H8NaO8. The zero-order valence-electron chi connectivity index (χ0n) is 7.75. The van der Waals surface area contributed by atoms with Crippen LogP contribution in [0.1, 0.15) is 6.42 Å². The van der Waals surface area contributed by atoms with Crippen LogP contribution in [0.5, 0.6) is 0 Å². The van der Waals surface area contributed by atoms with Crippen molar-refractivity contribution in [1.82, 2.24) is 0 Å². The number of aliphatic hydroxyl groups excluding tert-OH is 1. The Hall–Kier alpha value is -0.670. The summed E-state index contributed by atoms with van der Waals surface area (Å²) in [6.45, 7) is 0. The molecule has 0 fully saturated rings. The molecule has 81 valence electrons. The summed E-state index contributed by atoms with van der Waals surface area (Å²) in [5.74, 6) is -5.87. The Kier molecular flexibility index (Phi) is 6.73. The molecule has 0 heterocycles. The van der Waals surface area contributed by atoms with Crippen molar-refractivity contribution in [1.29, 1.82) is 0 Å². The van der Waals surface area contributed by atoms with Gasteiger partial charge in [-0.2, -0.15) is 0 Å². The van der Waals surface area contributed by atoms with Crippen molar-refractivity contribution >= 4 is 47.5 Å². The Morgan fingerprint density at radius 1 is 1.13 bits per heavy atom. The average Bonchev–Trinajstić information content (AvgIpc) is 2.00. The van der Waals surface area contributed by atoms with E-state index in [2.05, 4.69) is 0 Å². The van der Waals surface area contributed by atoms with E-state index in [1.54, 1.807) is 0 Å². The number of carbonyl (C=O) groups is 3. The molecule has 2 unspecified atom stereocenters. The standard InChI is InChI=1S/C6H8O8.Na/c7-2(8)1-6(14,5(12)13)3(9)4(10)11;/h3,9,14H,1H2,(H,7,8)(H,10,11)(H,12,13);. The average molecular weight is 231 g/mol. The minimum Gasteiger partial charge on any atom is -0.481 e. The van der Waals surface area contributed by atoms with Crippen molar-refractivity contribution in [2.75, 3.05) is 0 Å². The smallest absolute Gasteiger partial charge is 0.339 e. The predicted molar refractivity (Wildman–Crippen MR) is 44.2 cm³/mol. The Morgan fingerprint density at radius 2 is 1.53 bits per heavy atom. The first-order valence-electron chi connectivity index (χ1n) is 3.30. The second-order valence-corrected chi connectivity index (χ2v) is 2.54. The van der Waals surface area contributed by atoms with Gasteiger partial charge in [-0.05, 0) is 0 Å². The van der Waals surface area contributed by atoms with Gasteiger partial charge in [-0.25, -0.2) is 9.59 Å². The molecule has 9 heteroatoms. The summed E-state index contributed by atoms with van der Waals surface area (Å²) >= 11 is 0. The minimum atomic E-state index is -3.22. The third kappa shape index (κ3) is 4.14. The number of aliphatic hydroxyl groups is 2. The van der Waals surface area contributed by atoms with Crippen LogP contribution in [0.2, 0.25) is 0 Å². The van der Waals surface area contributed by atoms with E-state index in [9.17, 15) is 14.4 Å². The maximum Gasteiger partial charge on any atom is 0.339 e. The van der Waals surface area contributed by atoms with Crippen LogP contribution in [0.25, 0.3) is 0 Å². The van der Waals surface area contributed by atoms with Crippen LogP contribution in [-0.4, -0.2) is 84.7 Å². The number of carboxylic acid groups (broad SMARTS) is 3. The third-order valence-electron chi connectivity index (χ3n) is 1.48. The summed E-state index contributed by atoms with van der Waals surface area (Å²) in [5.41, 5.74) is -3.22. The molecule has 2 atom stereocenters. The summed E-state index contributed by atoms with van der Waals surface area (Å²) in [5, 5.41) is 42.6. The summed E-state index contributed by atoms with van der Waals surface area (Å²) < 4.78 is 0. The molecule has 0 aromatic carbocycles. The van der Waals surface area contributed by atoms with Crippen LogP contribution in [0.4, 0.5) is 0 Å². The first kappa shape index (κ1) is 16.7. The van der Waals surface area contributed by atoms with Crippen LogP contribution in [0, 0.1) is 0 Å². The molecule has 0 aliphatic carbocycles. The molecule has 1 radical (unpaired) electrons. The van der Waals surface area contributed by atoms with Crippen molar-refractivity contribution in [2.45, 2.75) is 18.1 Å². The molecule has 0 aliphatic heterocycles. The molecule has 0 amide bonds. The van der Waals surface area contributed by atoms with Gasteiger partial charge in [-0.1, -0.05) is 0 Å². The van der Waals surface area contributed by atoms with Crippen LogP contribution in [0.15, 0.2) is 0 Å². The Bertz CT molecular complexity index is 276. The van der Waals surface area contributed by atoms with Crippen molar-refractivity contribution in [3.8, 4) is 0 Å². The maximum absolute atomic E-state index is 10.4. The van der Waals surface area contributed by atoms with Gasteiger partial charge in [0.05, 0.1) is 6.42 Å². The maximum atomic E-state index is 10.4. The van der Waals surface area contributed by atoms with Gasteiger partial charge in [-0.15, -0.1) is 0 Å². The van der Waals surface area contributed by atoms with Crippen molar-refractivity contribution in [3.05, 3.63) is 0 Å². The number of aliphatic carboxylic acids is 3. The van der Waals surface area contributed by atoms with Gasteiger partial charge in [0.1, 0.15) is 0 Å². The number of carboxylic acids is 3. The van der Waals surface area contributed by atoms with Gasteiger partial charge in [0.25, 0.3) is 0 Å². The molecular weight excluding hydrogens is 223 g/mol. The number of rotatable bonds is 5.